The van der Waals surface area contributed by atoms with Crippen molar-refractivity contribution in [2.24, 2.45) is 5.92 Å². The van der Waals surface area contributed by atoms with E-state index in [4.69, 9.17) is 4.74 Å². The van der Waals surface area contributed by atoms with Gasteiger partial charge in [-0.05, 0) is 45.1 Å². The molecule has 0 aromatic heterocycles. The second-order valence-corrected chi connectivity index (χ2v) is 6.25. The zero-order valence-corrected chi connectivity index (χ0v) is 12.0. The summed E-state index contributed by atoms with van der Waals surface area (Å²) in [5.74, 6) is -0.203. The number of ether oxygens (including phenoxy) is 1. The Morgan fingerprint density at radius 2 is 2.21 bits per heavy atom. The number of carboxylic acid groups (broad SMARTS) is 1. The molecule has 0 aromatic rings. The number of carbonyl (C=O) groups is 1. The quantitative estimate of drug-likeness (QED) is 0.721. The third-order valence-corrected chi connectivity index (χ3v) is 4.12. The van der Waals surface area contributed by atoms with E-state index in [2.05, 4.69) is 10.2 Å². The molecule has 1 aliphatic heterocycles. The van der Waals surface area contributed by atoms with Crippen LogP contribution in [-0.2, 0) is 9.53 Å². The van der Waals surface area contributed by atoms with Crippen molar-refractivity contribution in [2.45, 2.75) is 44.2 Å². The molecular weight excluding hydrogens is 244 g/mol. The summed E-state index contributed by atoms with van der Waals surface area (Å²) >= 11 is 0. The van der Waals surface area contributed by atoms with Crippen LogP contribution in [0.25, 0.3) is 0 Å². The first-order chi connectivity index (χ1) is 9.03. The lowest BCUT2D eigenvalue weighted by Gasteiger charge is -2.38. The molecule has 2 atom stereocenters. The molecule has 1 aliphatic carbocycles. The number of rotatable bonds is 7. The molecule has 2 fully saturated rings. The van der Waals surface area contributed by atoms with Gasteiger partial charge < -0.3 is 14.7 Å². The van der Waals surface area contributed by atoms with Gasteiger partial charge in [-0.2, -0.15) is 0 Å². The lowest BCUT2D eigenvalue weighted by atomic mass is 9.95. The number of hydrogen-bond donors (Lipinski definition) is 2. The average molecular weight is 270 g/mol. The molecule has 2 aliphatic rings. The molecule has 2 N–H and O–H groups in total. The Labute approximate surface area is 115 Å². The Balaban J connectivity index is 1.90. The Morgan fingerprint density at radius 3 is 2.79 bits per heavy atom. The van der Waals surface area contributed by atoms with E-state index >= 15 is 0 Å². The summed E-state index contributed by atoms with van der Waals surface area (Å²) in [6, 6.07) is 0.403. The Hall–Kier alpha value is -0.650. The summed E-state index contributed by atoms with van der Waals surface area (Å²) in [4.78, 5) is 13.8. The Kier molecular flexibility index (Phi) is 4.81. The molecular formula is C14H26N2O3. The van der Waals surface area contributed by atoms with Crippen LogP contribution in [0.5, 0.6) is 0 Å². The van der Waals surface area contributed by atoms with Crippen LogP contribution < -0.4 is 5.32 Å². The fraction of sp³-hybridized carbons (Fsp3) is 0.929. The molecule has 110 valence electrons. The smallest absolute Gasteiger partial charge is 0.324 e. The average Bonchev–Trinajstić information content (AvgIpc) is 3.13. The minimum absolute atomic E-state index is 0.403. The molecule has 5 heteroatoms. The van der Waals surface area contributed by atoms with E-state index in [0.717, 1.165) is 39.0 Å². The van der Waals surface area contributed by atoms with Gasteiger partial charge in [-0.3, -0.25) is 10.1 Å². The SMILES string of the molecule is COCC1CCCN(CC(C)(NC2CC2)C(=O)O)C1. The van der Waals surface area contributed by atoms with Gasteiger partial charge in [0.25, 0.3) is 0 Å². The molecule has 19 heavy (non-hydrogen) atoms. The van der Waals surface area contributed by atoms with Crippen LogP contribution in [0.3, 0.4) is 0 Å². The van der Waals surface area contributed by atoms with Crippen molar-refractivity contribution in [2.75, 3.05) is 33.4 Å². The highest BCUT2D eigenvalue weighted by Gasteiger charge is 2.40. The maximum Gasteiger partial charge on any atom is 0.324 e. The van der Waals surface area contributed by atoms with Crippen molar-refractivity contribution in [3.63, 3.8) is 0 Å². The molecule has 0 amide bonds. The van der Waals surface area contributed by atoms with Crippen LogP contribution in [0.15, 0.2) is 0 Å². The first kappa shape index (κ1) is 14.8. The molecule has 2 unspecified atom stereocenters. The number of piperidine rings is 1. The van der Waals surface area contributed by atoms with Crippen molar-refractivity contribution in [3.05, 3.63) is 0 Å². The molecule has 5 nitrogen and oxygen atoms in total. The van der Waals surface area contributed by atoms with Gasteiger partial charge in [0, 0.05) is 26.2 Å². The lowest BCUT2D eigenvalue weighted by molar-refractivity contribution is -0.145. The first-order valence-electron chi connectivity index (χ1n) is 7.26. The van der Waals surface area contributed by atoms with Gasteiger partial charge >= 0.3 is 5.97 Å². The third kappa shape index (κ3) is 4.16. The Morgan fingerprint density at radius 1 is 1.47 bits per heavy atom. The van der Waals surface area contributed by atoms with Gasteiger partial charge in [0.2, 0.25) is 0 Å². The van der Waals surface area contributed by atoms with Gasteiger partial charge in [-0.25, -0.2) is 0 Å². The predicted octanol–water partition coefficient (Wildman–Crippen LogP) is 0.940. The standard InChI is InChI=1S/C14H26N2O3/c1-14(13(17)18,15-12-5-6-12)10-16-7-3-4-11(8-16)9-19-2/h11-12,15H,3-10H2,1-2H3,(H,17,18). The van der Waals surface area contributed by atoms with Crippen LogP contribution in [0.4, 0.5) is 0 Å². The number of hydrogen-bond acceptors (Lipinski definition) is 4. The molecule has 1 saturated heterocycles. The number of methoxy groups -OCH3 is 1. The zero-order valence-electron chi connectivity index (χ0n) is 12.0. The van der Waals surface area contributed by atoms with Crippen molar-refractivity contribution in [3.8, 4) is 0 Å². The largest absolute Gasteiger partial charge is 0.480 e. The molecule has 0 bridgehead atoms. The predicted molar refractivity (Wildman–Crippen MR) is 73.2 cm³/mol. The van der Waals surface area contributed by atoms with Crippen molar-refractivity contribution in [1.29, 1.82) is 0 Å². The van der Waals surface area contributed by atoms with Crippen LogP contribution in [-0.4, -0.2) is 60.9 Å². The van der Waals surface area contributed by atoms with Crippen LogP contribution in [0.1, 0.15) is 32.6 Å². The van der Waals surface area contributed by atoms with Gasteiger partial charge in [0.1, 0.15) is 5.54 Å². The van der Waals surface area contributed by atoms with Crippen molar-refractivity contribution >= 4 is 5.97 Å². The fourth-order valence-corrected chi connectivity index (χ4v) is 2.97. The minimum atomic E-state index is -0.823. The number of likely N-dealkylation sites (tertiary alicyclic amines) is 1. The number of nitrogens with zero attached hydrogens (tertiary/aromatic N) is 1. The molecule has 2 rings (SSSR count). The van der Waals surface area contributed by atoms with Gasteiger partial charge in [-0.1, -0.05) is 0 Å². The summed E-state index contributed by atoms with van der Waals surface area (Å²) < 4.78 is 5.22. The molecule has 0 radical (unpaired) electrons. The molecule has 0 aromatic carbocycles. The maximum absolute atomic E-state index is 11.6. The van der Waals surface area contributed by atoms with E-state index in [0.29, 0.717) is 18.5 Å². The van der Waals surface area contributed by atoms with E-state index < -0.39 is 11.5 Å². The highest BCUT2D eigenvalue weighted by atomic mass is 16.5. The van der Waals surface area contributed by atoms with Crippen molar-refractivity contribution < 1.29 is 14.6 Å². The summed E-state index contributed by atoms with van der Waals surface area (Å²) in [6.07, 6.45) is 4.53. The summed E-state index contributed by atoms with van der Waals surface area (Å²) in [6.45, 7) is 5.11. The lowest BCUT2D eigenvalue weighted by Crippen LogP contribution is -2.59. The van der Waals surface area contributed by atoms with Gasteiger partial charge in [0.05, 0.1) is 6.61 Å². The van der Waals surface area contributed by atoms with E-state index in [1.54, 1.807) is 7.11 Å². The summed E-state index contributed by atoms with van der Waals surface area (Å²) in [5, 5.41) is 12.8. The minimum Gasteiger partial charge on any atom is -0.480 e. The summed E-state index contributed by atoms with van der Waals surface area (Å²) in [5.41, 5.74) is -0.823. The molecule has 1 saturated carbocycles. The second kappa shape index (κ2) is 6.20. The monoisotopic (exact) mass is 270 g/mol. The Bertz CT molecular complexity index is 318. The number of nitrogens with one attached hydrogen (secondary N) is 1. The van der Waals surface area contributed by atoms with E-state index in [1.807, 2.05) is 6.92 Å². The highest BCUT2D eigenvalue weighted by molar-refractivity contribution is 5.78. The maximum atomic E-state index is 11.6. The fourth-order valence-electron chi connectivity index (χ4n) is 2.97. The van der Waals surface area contributed by atoms with Crippen LogP contribution >= 0.6 is 0 Å². The van der Waals surface area contributed by atoms with Gasteiger partial charge in [0.15, 0.2) is 0 Å². The zero-order chi connectivity index (χ0) is 13.9. The summed E-state index contributed by atoms with van der Waals surface area (Å²) in [7, 11) is 1.73. The van der Waals surface area contributed by atoms with Gasteiger partial charge in [-0.15, -0.1) is 0 Å². The van der Waals surface area contributed by atoms with Crippen LogP contribution in [0, 0.1) is 5.92 Å². The van der Waals surface area contributed by atoms with Crippen LogP contribution in [0.2, 0.25) is 0 Å². The number of carboxylic acids is 1. The second-order valence-electron chi connectivity index (χ2n) is 6.25. The topological polar surface area (TPSA) is 61.8 Å². The first-order valence-corrected chi connectivity index (χ1v) is 7.26. The van der Waals surface area contributed by atoms with Crippen molar-refractivity contribution in [1.82, 2.24) is 10.2 Å². The molecule has 1 heterocycles. The number of aliphatic carboxylic acids is 1. The van der Waals surface area contributed by atoms with E-state index in [1.165, 1.54) is 6.42 Å². The third-order valence-electron chi connectivity index (χ3n) is 4.12. The highest BCUT2D eigenvalue weighted by Crippen LogP contribution is 2.25. The normalized spacial score (nSPS) is 28.0. The van der Waals surface area contributed by atoms with E-state index in [-0.39, 0.29) is 0 Å². The molecule has 0 spiro atoms. The van der Waals surface area contributed by atoms with E-state index in [9.17, 15) is 9.90 Å².